The van der Waals surface area contributed by atoms with Gasteiger partial charge in [0.05, 0.1) is 19.2 Å². The van der Waals surface area contributed by atoms with Crippen LogP contribution in [0.4, 0.5) is 13.6 Å². The molecular weight excluding hydrogens is 344 g/mol. The van der Waals surface area contributed by atoms with Crippen molar-refractivity contribution in [1.29, 1.82) is 0 Å². The van der Waals surface area contributed by atoms with E-state index in [2.05, 4.69) is 0 Å². The van der Waals surface area contributed by atoms with Gasteiger partial charge in [-0.1, -0.05) is 6.92 Å². The molecule has 2 rings (SSSR count). The number of hydrogen-bond acceptors (Lipinski definition) is 4. The van der Waals surface area contributed by atoms with E-state index in [0.717, 1.165) is 24.6 Å². The summed E-state index contributed by atoms with van der Waals surface area (Å²) < 4.78 is 43.4. The molecule has 0 unspecified atom stereocenters. The zero-order chi connectivity index (χ0) is 19.3. The molecule has 1 fully saturated rings. The third-order valence-corrected chi connectivity index (χ3v) is 3.80. The van der Waals surface area contributed by atoms with Gasteiger partial charge in [0.2, 0.25) is 0 Å². The van der Waals surface area contributed by atoms with Crippen molar-refractivity contribution in [3.8, 4) is 5.75 Å². The maximum Gasteiger partial charge on any atom is 0.410 e. The summed E-state index contributed by atoms with van der Waals surface area (Å²) in [5, 5.41) is 0. The van der Waals surface area contributed by atoms with Crippen LogP contribution >= 0.6 is 0 Å². The van der Waals surface area contributed by atoms with Crippen molar-refractivity contribution >= 4 is 6.09 Å². The molecule has 2 atom stereocenters. The average molecular weight is 371 g/mol. The van der Waals surface area contributed by atoms with Crippen LogP contribution in [0.15, 0.2) is 18.2 Å². The van der Waals surface area contributed by atoms with Gasteiger partial charge >= 0.3 is 6.09 Å². The van der Waals surface area contributed by atoms with Gasteiger partial charge in [0, 0.05) is 31.2 Å². The highest BCUT2D eigenvalue weighted by atomic mass is 19.1. The molecule has 0 bridgehead atoms. The smallest absolute Gasteiger partial charge is 0.410 e. The Bertz CT molecular complexity index is 598. The zero-order valence-corrected chi connectivity index (χ0v) is 15.8. The summed E-state index contributed by atoms with van der Waals surface area (Å²) in [7, 11) is 0. The first kappa shape index (κ1) is 20.4. The van der Waals surface area contributed by atoms with E-state index in [4.69, 9.17) is 14.2 Å². The first-order valence-corrected chi connectivity index (χ1v) is 8.88. The van der Waals surface area contributed by atoms with Gasteiger partial charge in [-0.2, -0.15) is 0 Å². The molecule has 26 heavy (non-hydrogen) atoms. The Morgan fingerprint density at radius 2 is 1.88 bits per heavy atom. The summed E-state index contributed by atoms with van der Waals surface area (Å²) in [5.74, 6) is -1.30. The Hall–Kier alpha value is -1.89. The summed E-state index contributed by atoms with van der Waals surface area (Å²) in [5.41, 5.74) is -0.615. The Kier molecular flexibility index (Phi) is 6.81. The van der Waals surface area contributed by atoms with Crippen LogP contribution in [0, 0.1) is 11.6 Å². The lowest BCUT2D eigenvalue weighted by molar-refractivity contribution is 0.0101. The number of rotatable bonds is 6. The van der Waals surface area contributed by atoms with Crippen molar-refractivity contribution in [2.45, 2.75) is 58.3 Å². The minimum Gasteiger partial charge on any atom is -0.488 e. The third-order valence-electron chi connectivity index (χ3n) is 3.80. The van der Waals surface area contributed by atoms with Crippen LogP contribution in [-0.2, 0) is 9.47 Å². The third kappa shape index (κ3) is 6.12. The van der Waals surface area contributed by atoms with E-state index >= 15 is 0 Å². The van der Waals surface area contributed by atoms with Crippen molar-refractivity contribution in [3.05, 3.63) is 29.8 Å². The number of carbonyl (C=O) groups excluding carboxylic acids is 1. The molecule has 146 valence electrons. The molecule has 1 aromatic rings. The first-order valence-electron chi connectivity index (χ1n) is 8.88. The van der Waals surface area contributed by atoms with Gasteiger partial charge in [-0.3, -0.25) is 4.90 Å². The molecule has 0 radical (unpaired) electrons. The minimum atomic E-state index is -0.704. The second-order valence-electron chi connectivity index (χ2n) is 7.44. The van der Waals surface area contributed by atoms with Crippen molar-refractivity contribution in [2.75, 3.05) is 19.8 Å². The molecule has 1 saturated heterocycles. The number of carbonyl (C=O) groups is 1. The highest BCUT2D eigenvalue weighted by Gasteiger charge is 2.38. The van der Waals surface area contributed by atoms with Gasteiger partial charge in [0.15, 0.2) is 0 Å². The topological polar surface area (TPSA) is 48.0 Å². The quantitative estimate of drug-likeness (QED) is 0.705. The molecule has 5 nitrogen and oxygen atoms in total. The summed E-state index contributed by atoms with van der Waals surface area (Å²) in [6, 6.07) is 2.83. The van der Waals surface area contributed by atoms with E-state index in [9.17, 15) is 13.6 Å². The minimum absolute atomic E-state index is 0.103. The Morgan fingerprint density at radius 3 is 2.46 bits per heavy atom. The molecule has 0 N–H and O–H groups in total. The van der Waals surface area contributed by atoms with Crippen LogP contribution in [0.5, 0.6) is 5.75 Å². The molecule has 1 aliphatic heterocycles. The maximum atomic E-state index is 13.4. The van der Waals surface area contributed by atoms with Crippen LogP contribution in [-0.4, -0.2) is 48.5 Å². The summed E-state index contributed by atoms with van der Waals surface area (Å²) in [6.07, 6.45) is 0.543. The fourth-order valence-corrected chi connectivity index (χ4v) is 2.81. The van der Waals surface area contributed by atoms with Crippen LogP contribution in [0.1, 0.15) is 40.5 Å². The van der Waals surface area contributed by atoms with Gasteiger partial charge in [-0.25, -0.2) is 13.6 Å². The Morgan fingerprint density at radius 1 is 1.23 bits per heavy atom. The predicted molar refractivity (Wildman–Crippen MR) is 93.2 cm³/mol. The molecule has 1 aromatic carbocycles. The largest absolute Gasteiger partial charge is 0.488 e. The van der Waals surface area contributed by atoms with E-state index in [1.54, 1.807) is 25.7 Å². The molecule has 0 aromatic heterocycles. The van der Waals surface area contributed by atoms with E-state index < -0.39 is 23.3 Å². The number of amides is 1. The van der Waals surface area contributed by atoms with E-state index in [1.165, 1.54) is 0 Å². The van der Waals surface area contributed by atoms with Gasteiger partial charge in [-0.15, -0.1) is 0 Å². The number of hydrogen-bond donors (Lipinski definition) is 0. The molecule has 0 aliphatic carbocycles. The van der Waals surface area contributed by atoms with E-state index in [0.29, 0.717) is 19.6 Å². The fourth-order valence-electron chi connectivity index (χ4n) is 2.81. The lowest BCUT2D eigenvalue weighted by Crippen LogP contribution is -2.42. The molecule has 7 heteroatoms. The zero-order valence-electron chi connectivity index (χ0n) is 15.8. The Balaban J connectivity index is 2.06. The number of likely N-dealkylation sites (tertiary alicyclic amines) is 1. The molecule has 0 saturated carbocycles. The van der Waals surface area contributed by atoms with Crippen LogP contribution < -0.4 is 4.74 Å². The molecule has 1 amide bonds. The predicted octanol–water partition coefficient (Wildman–Crippen LogP) is 4.15. The SMILES string of the molecule is CCCOC[C@@H]1C[C@H](Oc2cc(F)cc(F)c2)CN1C(=O)OC(C)(C)C. The van der Waals surface area contributed by atoms with Gasteiger partial charge in [0.25, 0.3) is 0 Å². The van der Waals surface area contributed by atoms with Gasteiger partial charge in [0.1, 0.15) is 29.1 Å². The summed E-state index contributed by atoms with van der Waals surface area (Å²) in [6.45, 7) is 8.63. The molecular formula is C19H27F2NO4. The highest BCUT2D eigenvalue weighted by Crippen LogP contribution is 2.26. The number of nitrogens with zero attached hydrogens (tertiary/aromatic N) is 1. The monoisotopic (exact) mass is 371 g/mol. The Labute approximate surface area is 153 Å². The van der Waals surface area contributed by atoms with Crippen molar-refractivity contribution in [1.82, 2.24) is 4.90 Å². The maximum absolute atomic E-state index is 13.4. The van der Waals surface area contributed by atoms with Crippen LogP contribution in [0.2, 0.25) is 0 Å². The number of benzene rings is 1. The van der Waals surface area contributed by atoms with Crippen LogP contribution in [0.25, 0.3) is 0 Å². The van der Waals surface area contributed by atoms with E-state index in [-0.39, 0.29) is 24.4 Å². The van der Waals surface area contributed by atoms with Gasteiger partial charge in [-0.05, 0) is 27.2 Å². The second kappa shape index (κ2) is 8.66. The normalized spacial score (nSPS) is 20.3. The fraction of sp³-hybridized carbons (Fsp3) is 0.632. The standard InChI is InChI=1S/C19H27F2NO4/c1-5-6-24-12-15-10-17(11-22(15)18(23)26-19(2,3)4)25-16-8-13(20)7-14(21)9-16/h7-9,15,17H,5-6,10-12H2,1-4H3/t15-,17-/m0/s1. The molecule has 1 aliphatic rings. The first-order chi connectivity index (χ1) is 12.2. The van der Waals surface area contributed by atoms with Gasteiger partial charge < -0.3 is 14.2 Å². The lowest BCUT2D eigenvalue weighted by atomic mass is 10.2. The average Bonchev–Trinajstić information content (AvgIpc) is 2.87. The second-order valence-corrected chi connectivity index (χ2v) is 7.44. The molecule has 1 heterocycles. The highest BCUT2D eigenvalue weighted by molar-refractivity contribution is 5.69. The molecule has 0 spiro atoms. The number of halogens is 2. The van der Waals surface area contributed by atoms with Crippen molar-refractivity contribution in [3.63, 3.8) is 0 Å². The van der Waals surface area contributed by atoms with E-state index in [1.807, 2.05) is 6.92 Å². The summed E-state index contributed by atoms with van der Waals surface area (Å²) >= 11 is 0. The number of ether oxygens (including phenoxy) is 3. The van der Waals surface area contributed by atoms with Crippen molar-refractivity contribution in [2.24, 2.45) is 0 Å². The van der Waals surface area contributed by atoms with Crippen molar-refractivity contribution < 1.29 is 27.8 Å². The van der Waals surface area contributed by atoms with Crippen LogP contribution in [0.3, 0.4) is 0 Å². The summed E-state index contributed by atoms with van der Waals surface area (Å²) in [4.78, 5) is 14.1. The lowest BCUT2D eigenvalue weighted by Gasteiger charge is -2.28.